The number of piperidine rings is 1. The lowest BCUT2D eigenvalue weighted by atomic mass is 10.0. The van der Waals surface area contributed by atoms with E-state index >= 15 is 0 Å². The summed E-state index contributed by atoms with van der Waals surface area (Å²) in [6.07, 6.45) is 0.991. The van der Waals surface area contributed by atoms with E-state index in [1.807, 2.05) is 44.7 Å². The molecule has 2 heterocycles. The molecule has 0 spiro atoms. The molecule has 9 nitrogen and oxygen atoms in total. The van der Waals surface area contributed by atoms with Gasteiger partial charge in [0, 0.05) is 24.7 Å². The van der Waals surface area contributed by atoms with Gasteiger partial charge in [0.1, 0.15) is 5.60 Å². The third-order valence-electron chi connectivity index (χ3n) is 4.49. The van der Waals surface area contributed by atoms with E-state index in [-0.39, 0.29) is 11.9 Å². The van der Waals surface area contributed by atoms with E-state index in [2.05, 4.69) is 20.8 Å². The molecule has 1 saturated heterocycles. The van der Waals surface area contributed by atoms with E-state index < -0.39 is 11.7 Å². The highest BCUT2D eigenvalue weighted by molar-refractivity contribution is 5.94. The highest BCUT2D eigenvalue weighted by Crippen LogP contribution is 2.17. The molecular formula is C19H26N6O3. The third-order valence-corrected chi connectivity index (χ3v) is 4.49. The molecule has 0 aliphatic carbocycles. The molecular weight excluding hydrogens is 360 g/mol. The SMILES string of the molecule is Cc1nnnn1-c1ccc(C(=O)N2CCC(NC(=O)OC(C)(C)C)CC2)cc1. The Labute approximate surface area is 164 Å². The molecule has 1 aromatic carbocycles. The van der Waals surface area contributed by atoms with Crippen molar-refractivity contribution < 1.29 is 14.3 Å². The molecule has 28 heavy (non-hydrogen) atoms. The lowest BCUT2D eigenvalue weighted by molar-refractivity contribution is 0.0473. The van der Waals surface area contributed by atoms with E-state index in [1.165, 1.54) is 0 Å². The van der Waals surface area contributed by atoms with Gasteiger partial charge in [-0.05, 0) is 75.2 Å². The number of tetrazole rings is 1. The van der Waals surface area contributed by atoms with Crippen LogP contribution in [0, 0.1) is 6.92 Å². The van der Waals surface area contributed by atoms with Crippen LogP contribution < -0.4 is 5.32 Å². The van der Waals surface area contributed by atoms with Gasteiger partial charge in [0.25, 0.3) is 5.91 Å². The summed E-state index contributed by atoms with van der Waals surface area (Å²) in [5.41, 5.74) is 0.903. The zero-order chi connectivity index (χ0) is 20.3. The summed E-state index contributed by atoms with van der Waals surface area (Å²) in [6.45, 7) is 8.49. The first-order valence-corrected chi connectivity index (χ1v) is 9.37. The maximum atomic E-state index is 12.7. The van der Waals surface area contributed by atoms with Crippen LogP contribution in [0.3, 0.4) is 0 Å². The number of benzene rings is 1. The number of likely N-dealkylation sites (tertiary alicyclic amines) is 1. The standard InChI is InChI=1S/C19H26N6O3/c1-13-21-22-23-25(13)16-7-5-14(6-8-16)17(26)24-11-9-15(10-12-24)20-18(27)28-19(2,3)4/h5-8,15H,9-12H2,1-4H3,(H,20,27). The Morgan fingerprint density at radius 1 is 1.14 bits per heavy atom. The van der Waals surface area contributed by atoms with Gasteiger partial charge in [-0.15, -0.1) is 5.10 Å². The molecule has 0 atom stereocenters. The van der Waals surface area contributed by atoms with Crippen LogP contribution in [0.2, 0.25) is 0 Å². The molecule has 1 aromatic heterocycles. The number of carbonyl (C=O) groups is 2. The summed E-state index contributed by atoms with van der Waals surface area (Å²) in [4.78, 5) is 26.4. The van der Waals surface area contributed by atoms with Crippen LogP contribution >= 0.6 is 0 Å². The monoisotopic (exact) mass is 386 g/mol. The number of hydrogen-bond acceptors (Lipinski definition) is 6. The van der Waals surface area contributed by atoms with Crippen LogP contribution in [0.1, 0.15) is 49.8 Å². The van der Waals surface area contributed by atoms with E-state index in [4.69, 9.17) is 4.74 Å². The fourth-order valence-electron chi connectivity index (χ4n) is 3.10. The van der Waals surface area contributed by atoms with Crippen molar-refractivity contribution in [3.8, 4) is 5.69 Å². The van der Waals surface area contributed by atoms with E-state index in [1.54, 1.807) is 16.8 Å². The second-order valence-electron chi connectivity index (χ2n) is 7.90. The second kappa shape index (κ2) is 7.95. The zero-order valence-corrected chi connectivity index (χ0v) is 16.7. The van der Waals surface area contributed by atoms with Crippen molar-refractivity contribution in [1.29, 1.82) is 0 Å². The number of carbonyl (C=O) groups excluding carboxylic acids is 2. The molecule has 0 saturated carbocycles. The predicted molar refractivity (Wildman–Crippen MR) is 102 cm³/mol. The molecule has 1 fully saturated rings. The highest BCUT2D eigenvalue weighted by atomic mass is 16.6. The van der Waals surface area contributed by atoms with E-state index in [0.717, 1.165) is 5.69 Å². The molecule has 9 heteroatoms. The maximum Gasteiger partial charge on any atom is 0.407 e. The van der Waals surface area contributed by atoms with Crippen molar-refractivity contribution in [2.75, 3.05) is 13.1 Å². The maximum absolute atomic E-state index is 12.7. The number of alkyl carbamates (subject to hydrolysis) is 1. The van der Waals surface area contributed by atoms with Crippen molar-refractivity contribution in [2.45, 2.75) is 52.2 Å². The summed E-state index contributed by atoms with van der Waals surface area (Å²) in [5.74, 6) is 0.661. The molecule has 2 amide bonds. The quantitative estimate of drug-likeness (QED) is 0.867. The lowest BCUT2D eigenvalue weighted by Gasteiger charge is -2.33. The third kappa shape index (κ3) is 4.85. The first kappa shape index (κ1) is 19.8. The van der Waals surface area contributed by atoms with Gasteiger partial charge in [-0.1, -0.05) is 0 Å². The smallest absolute Gasteiger partial charge is 0.407 e. The number of ether oxygens (including phenoxy) is 1. The summed E-state index contributed by atoms with van der Waals surface area (Å²) in [6, 6.07) is 7.23. The Hall–Kier alpha value is -2.97. The minimum Gasteiger partial charge on any atom is -0.444 e. The average molecular weight is 386 g/mol. The second-order valence-corrected chi connectivity index (χ2v) is 7.90. The van der Waals surface area contributed by atoms with Gasteiger partial charge in [0.05, 0.1) is 5.69 Å². The van der Waals surface area contributed by atoms with Gasteiger partial charge >= 0.3 is 6.09 Å². The minimum atomic E-state index is -0.520. The number of hydrogen-bond donors (Lipinski definition) is 1. The van der Waals surface area contributed by atoms with Crippen LogP contribution in [0.4, 0.5) is 4.79 Å². The molecule has 0 radical (unpaired) electrons. The molecule has 3 rings (SSSR count). The van der Waals surface area contributed by atoms with Crippen molar-refractivity contribution >= 4 is 12.0 Å². The van der Waals surface area contributed by atoms with Crippen LogP contribution in [0.15, 0.2) is 24.3 Å². The number of aromatic nitrogens is 4. The highest BCUT2D eigenvalue weighted by Gasteiger charge is 2.26. The molecule has 1 N–H and O–H groups in total. The van der Waals surface area contributed by atoms with Crippen molar-refractivity contribution in [3.05, 3.63) is 35.7 Å². The fraction of sp³-hybridized carbons (Fsp3) is 0.526. The number of nitrogens with one attached hydrogen (secondary N) is 1. The number of amides is 2. The summed E-state index contributed by atoms with van der Waals surface area (Å²) in [5, 5.41) is 14.3. The lowest BCUT2D eigenvalue weighted by Crippen LogP contribution is -2.47. The summed E-state index contributed by atoms with van der Waals surface area (Å²) < 4.78 is 6.90. The molecule has 0 unspecified atom stereocenters. The Morgan fingerprint density at radius 3 is 2.32 bits per heavy atom. The van der Waals surface area contributed by atoms with Gasteiger partial charge in [0.15, 0.2) is 5.82 Å². The summed E-state index contributed by atoms with van der Waals surface area (Å²) in [7, 11) is 0. The van der Waals surface area contributed by atoms with Crippen LogP contribution in [0.25, 0.3) is 5.69 Å². The number of nitrogens with zero attached hydrogens (tertiary/aromatic N) is 5. The first-order valence-electron chi connectivity index (χ1n) is 9.37. The van der Waals surface area contributed by atoms with Gasteiger partial charge in [-0.3, -0.25) is 4.79 Å². The largest absolute Gasteiger partial charge is 0.444 e. The Morgan fingerprint density at radius 2 is 1.79 bits per heavy atom. The van der Waals surface area contributed by atoms with E-state index in [0.29, 0.717) is 37.3 Å². The molecule has 0 bridgehead atoms. The zero-order valence-electron chi connectivity index (χ0n) is 16.7. The minimum absolute atomic E-state index is 0.0177. The number of rotatable bonds is 3. The number of aryl methyl sites for hydroxylation is 1. The fourth-order valence-corrected chi connectivity index (χ4v) is 3.10. The van der Waals surface area contributed by atoms with E-state index in [9.17, 15) is 9.59 Å². The van der Waals surface area contributed by atoms with Crippen LogP contribution in [-0.2, 0) is 4.74 Å². The Balaban J connectivity index is 1.54. The van der Waals surface area contributed by atoms with Crippen molar-refractivity contribution in [1.82, 2.24) is 30.4 Å². The van der Waals surface area contributed by atoms with Crippen LogP contribution in [-0.4, -0.2) is 61.8 Å². The Kier molecular flexibility index (Phi) is 5.62. The van der Waals surface area contributed by atoms with Crippen molar-refractivity contribution in [3.63, 3.8) is 0 Å². The van der Waals surface area contributed by atoms with Gasteiger partial charge in [-0.25, -0.2) is 4.79 Å². The first-order chi connectivity index (χ1) is 13.2. The topological polar surface area (TPSA) is 102 Å². The van der Waals surface area contributed by atoms with Gasteiger partial charge in [-0.2, -0.15) is 4.68 Å². The molecule has 2 aromatic rings. The van der Waals surface area contributed by atoms with Crippen molar-refractivity contribution in [2.24, 2.45) is 0 Å². The molecule has 1 aliphatic rings. The average Bonchev–Trinajstić information content (AvgIpc) is 3.06. The van der Waals surface area contributed by atoms with Gasteiger partial charge in [0.2, 0.25) is 0 Å². The molecule has 1 aliphatic heterocycles. The summed E-state index contributed by atoms with van der Waals surface area (Å²) >= 11 is 0. The normalized spacial score (nSPS) is 15.4. The van der Waals surface area contributed by atoms with Gasteiger partial charge < -0.3 is 15.0 Å². The predicted octanol–water partition coefficient (Wildman–Crippen LogP) is 2.10. The van der Waals surface area contributed by atoms with Crippen LogP contribution in [0.5, 0.6) is 0 Å². The Bertz CT molecular complexity index is 832. The molecule has 150 valence electrons.